The van der Waals surface area contributed by atoms with Crippen LogP contribution in [0, 0.1) is 0 Å². The molecule has 0 unspecified atom stereocenters. The Bertz CT molecular complexity index is 269. The van der Waals surface area contributed by atoms with Gasteiger partial charge in [0.25, 0.3) is 0 Å². The van der Waals surface area contributed by atoms with Crippen LogP contribution in [0.15, 0.2) is 24.3 Å². The van der Waals surface area contributed by atoms with Crippen molar-refractivity contribution in [3.8, 4) is 11.5 Å². The van der Waals surface area contributed by atoms with E-state index < -0.39 is 0 Å². The van der Waals surface area contributed by atoms with Crippen molar-refractivity contribution in [1.82, 2.24) is 0 Å². The number of hydrogen-bond donors (Lipinski definition) is 0. The van der Waals surface area contributed by atoms with Gasteiger partial charge in [0, 0.05) is 6.92 Å². The van der Waals surface area contributed by atoms with Crippen molar-refractivity contribution < 1.29 is 14.3 Å². The van der Waals surface area contributed by atoms with Gasteiger partial charge in [-0.2, -0.15) is 0 Å². The first kappa shape index (κ1) is 13.0. The predicted octanol–water partition coefficient (Wildman–Crippen LogP) is 2.63. The van der Waals surface area contributed by atoms with E-state index in [-0.39, 0.29) is 5.97 Å². The van der Waals surface area contributed by atoms with E-state index in [0.29, 0.717) is 5.75 Å². The number of carbonyl (C=O) groups excluding carboxylic acids is 1. The molecule has 0 heterocycles. The molecule has 0 radical (unpaired) electrons. The highest BCUT2D eigenvalue weighted by atomic mass is 79.9. The molecule has 0 aromatic heterocycles. The van der Waals surface area contributed by atoms with Gasteiger partial charge in [0.15, 0.2) is 0 Å². The van der Waals surface area contributed by atoms with Gasteiger partial charge < -0.3 is 9.47 Å². The Morgan fingerprint density at radius 1 is 1.14 bits per heavy atom. The second-order valence-electron chi connectivity index (χ2n) is 2.27. The summed E-state index contributed by atoms with van der Waals surface area (Å²) >= 11 is 2.94. The summed E-state index contributed by atoms with van der Waals surface area (Å²) in [5.74, 6) is 2.77. The second-order valence-corrected chi connectivity index (χ2v) is 2.27. The van der Waals surface area contributed by atoms with Gasteiger partial charge >= 0.3 is 5.97 Å². The molecule has 0 aliphatic heterocycles. The minimum Gasteiger partial charge on any atom is -0.497 e. The summed E-state index contributed by atoms with van der Waals surface area (Å²) in [7, 11) is 1.58. The maximum Gasteiger partial charge on any atom is 0.308 e. The van der Waals surface area contributed by atoms with Crippen LogP contribution < -0.4 is 9.47 Å². The molecule has 1 aromatic carbocycles. The average Bonchev–Trinajstić information content (AvgIpc) is 2.21. The minimum atomic E-state index is -0.319. The molecular weight excluding hydrogens is 248 g/mol. The maximum absolute atomic E-state index is 10.5. The van der Waals surface area contributed by atoms with Crippen molar-refractivity contribution in [3.05, 3.63) is 24.3 Å². The summed E-state index contributed by atoms with van der Waals surface area (Å²) in [5, 5.41) is 0. The molecule has 1 aromatic rings. The van der Waals surface area contributed by atoms with Crippen LogP contribution in [0.25, 0.3) is 0 Å². The van der Waals surface area contributed by atoms with Gasteiger partial charge in [0.2, 0.25) is 0 Å². The van der Waals surface area contributed by atoms with Crippen LogP contribution in [0.3, 0.4) is 0 Å². The molecule has 0 amide bonds. The first-order chi connectivity index (χ1) is 6.72. The Morgan fingerprint density at radius 3 is 1.93 bits per heavy atom. The van der Waals surface area contributed by atoms with Crippen LogP contribution in [0.5, 0.6) is 11.5 Å². The molecule has 3 nitrogen and oxygen atoms in total. The number of alkyl halides is 1. The molecule has 0 saturated carbocycles. The Kier molecular flexibility index (Phi) is 6.84. The summed E-state index contributed by atoms with van der Waals surface area (Å²) < 4.78 is 9.75. The number of halogens is 1. The zero-order valence-electron chi connectivity index (χ0n) is 8.41. The van der Waals surface area contributed by atoms with Gasteiger partial charge in [-0.25, -0.2) is 0 Å². The largest absolute Gasteiger partial charge is 0.497 e. The highest BCUT2D eigenvalue weighted by molar-refractivity contribution is 9.08. The van der Waals surface area contributed by atoms with Crippen LogP contribution in [0.1, 0.15) is 6.92 Å². The quantitative estimate of drug-likeness (QED) is 0.466. The first-order valence-corrected chi connectivity index (χ1v) is 5.51. The lowest BCUT2D eigenvalue weighted by Crippen LogP contribution is -2.00. The van der Waals surface area contributed by atoms with Gasteiger partial charge in [-0.3, -0.25) is 4.79 Å². The van der Waals surface area contributed by atoms with Gasteiger partial charge in [-0.15, -0.1) is 0 Å². The number of esters is 1. The fraction of sp³-hybridized carbons (Fsp3) is 0.300. The van der Waals surface area contributed by atoms with E-state index in [9.17, 15) is 4.79 Å². The van der Waals surface area contributed by atoms with Crippen molar-refractivity contribution in [1.29, 1.82) is 0 Å². The lowest BCUT2D eigenvalue weighted by molar-refractivity contribution is -0.131. The Balaban J connectivity index is 0.000000791. The lowest BCUT2D eigenvalue weighted by Gasteiger charge is -2.01. The molecule has 14 heavy (non-hydrogen) atoms. The Morgan fingerprint density at radius 2 is 1.57 bits per heavy atom. The van der Waals surface area contributed by atoms with E-state index >= 15 is 0 Å². The van der Waals surface area contributed by atoms with Crippen LogP contribution in [0.2, 0.25) is 0 Å². The lowest BCUT2D eigenvalue weighted by atomic mass is 10.3. The third-order valence-electron chi connectivity index (χ3n) is 1.32. The molecule has 4 heteroatoms. The monoisotopic (exact) mass is 260 g/mol. The van der Waals surface area contributed by atoms with E-state index in [1.165, 1.54) is 6.92 Å². The Labute approximate surface area is 92.2 Å². The summed E-state index contributed by atoms with van der Waals surface area (Å²) in [6, 6.07) is 6.83. The number of rotatable bonds is 2. The van der Waals surface area contributed by atoms with Gasteiger partial charge in [-0.05, 0) is 30.1 Å². The normalized spacial score (nSPS) is 8.29. The van der Waals surface area contributed by atoms with Crippen molar-refractivity contribution in [2.24, 2.45) is 0 Å². The molecule has 0 aliphatic carbocycles. The van der Waals surface area contributed by atoms with Crippen molar-refractivity contribution in [2.45, 2.75) is 6.92 Å². The molecule has 0 atom stereocenters. The average molecular weight is 261 g/mol. The molecule has 1 rings (SSSR count). The van der Waals surface area contributed by atoms with Crippen molar-refractivity contribution in [2.75, 3.05) is 12.9 Å². The fourth-order valence-electron chi connectivity index (χ4n) is 0.810. The summed E-state index contributed by atoms with van der Waals surface area (Å²) in [6.45, 7) is 1.37. The van der Waals surface area contributed by atoms with E-state index in [1.54, 1.807) is 31.4 Å². The zero-order chi connectivity index (χ0) is 11.0. The predicted molar refractivity (Wildman–Crippen MR) is 59.2 cm³/mol. The standard InChI is InChI=1S/C9H10O3.CH3Br/c1-7(10)12-9-5-3-8(11-2)4-6-9;1-2/h3-6H,1-2H3;1H3. The van der Waals surface area contributed by atoms with Crippen molar-refractivity contribution in [3.63, 3.8) is 0 Å². The molecule has 0 fully saturated rings. The maximum atomic E-state index is 10.5. The minimum absolute atomic E-state index is 0.319. The van der Waals surface area contributed by atoms with Gasteiger partial charge in [-0.1, -0.05) is 15.9 Å². The van der Waals surface area contributed by atoms with Crippen LogP contribution >= 0.6 is 15.9 Å². The SMILES string of the molecule is CBr.COc1ccc(OC(C)=O)cc1. The highest BCUT2D eigenvalue weighted by Gasteiger charge is 1.96. The number of benzene rings is 1. The Hall–Kier alpha value is -1.03. The van der Waals surface area contributed by atoms with Crippen LogP contribution in [-0.4, -0.2) is 18.9 Å². The molecular formula is C10H13BrO3. The van der Waals surface area contributed by atoms with E-state index in [4.69, 9.17) is 9.47 Å². The zero-order valence-corrected chi connectivity index (χ0v) is 10.00. The van der Waals surface area contributed by atoms with Crippen LogP contribution in [-0.2, 0) is 4.79 Å². The van der Waals surface area contributed by atoms with E-state index in [2.05, 4.69) is 15.9 Å². The second kappa shape index (κ2) is 7.38. The molecule has 78 valence electrons. The number of methoxy groups -OCH3 is 1. The van der Waals surface area contributed by atoms with Gasteiger partial charge in [0.05, 0.1) is 7.11 Å². The topological polar surface area (TPSA) is 35.5 Å². The summed E-state index contributed by atoms with van der Waals surface area (Å²) in [4.78, 5) is 10.5. The van der Waals surface area contributed by atoms with E-state index in [1.807, 2.05) is 5.83 Å². The number of carbonyl (C=O) groups is 1. The van der Waals surface area contributed by atoms with Gasteiger partial charge in [0.1, 0.15) is 11.5 Å². The molecule has 0 aliphatic rings. The summed E-state index contributed by atoms with van der Waals surface area (Å²) in [5.41, 5.74) is 0. The fourth-order valence-corrected chi connectivity index (χ4v) is 0.810. The molecule has 0 N–H and O–H groups in total. The molecule has 0 saturated heterocycles. The van der Waals surface area contributed by atoms with Crippen LogP contribution in [0.4, 0.5) is 0 Å². The third-order valence-corrected chi connectivity index (χ3v) is 1.32. The third kappa shape index (κ3) is 4.87. The smallest absolute Gasteiger partial charge is 0.308 e. The number of hydrogen-bond acceptors (Lipinski definition) is 3. The van der Waals surface area contributed by atoms with E-state index in [0.717, 1.165) is 5.75 Å². The number of ether oxygens (including phenoxy) is 2. The van der Waals surface area contributed by atoms with Crippen molar-refractivity contribution >= 4 is 21.9 Å². The first-order valence-electron chi connectivity index (χ1n) is 3.92. The summed E-state index contributed by atoms with van der Waals surface area (Å²) in [6.07, 6.45) is 0. The molecule has 0 spiro atoms. The molecule has 0 bridgehead atoms. The highest BCUT2D eigenvalue weighted by Crippen LogP contribution is 2.16.